The molecule has 0 spiro atoms. The summed E-state index contributed by atoms with van der Waals surface area (Å²) in [6.07, 6.45) is 2.58. The molecule has 3 rings (SSSR count). The highest BCUT2D eigenvalue weighted by molar-refractivity contribution is 5.87. The number of amides is 1. The first-order valence-corrected chi connectivity index (χ1v) is 7.99. The van der Waals surface area contributed by atoms with Gasteiger partial charge in [-0.25, -0.2) is 0 Å². The van der Waals surface area contributed by atoms with Gasteiger partial charge in [0, 0.05) is 5.39 Å². The van der Waals surface area contributed by atoms with Gasteiger partial charge in [0.05, 0.1) is 23.7 Å². The van der Waals surface area contributed by atoms with E-state index in [9.17, 15) is 4.79 Å². The number of likely N-dealkylation sites (tertiary alicyclic amines) is 1. The minimum absolute atomic E-state index is 0.202. The van der Waals surface area contributed by atoms with Crippen molar-refractivity contribution in [3.05, 3.63) is 30.0 Å². The molecule has 1 aromatic heterocycles. The summed E-state index contributed by atoms with van der Waals surface area (Å²) in [6, 6.07) is 8.45. The summed E-state index contributed by atoms with van der Waals surface area (Å²) in [7, 11) is 2.18. The number of carbonyl (C=O) groups excluding carboxylic acids is 1. The predicted molar refractivity (Wildman–Crippen MR) is 87.6 cm³/mol. The number of aromatic nitrogens is 2. The summed E-state index contributed by atoms with van der Waals surface area (Å²) in [5.41, 5.74) is 7.26. The fraction of sp³-hybridized carbons (Fsp3) is 0.529. The molecule has 1 amide bonds. The number of para-hydroxylation sites is 1. The van der Waals surface area contributed by atoms with Crippen molar-refractivity contribution in [3.63, 3.8) is 0 Å². The number of primary amides is 1. The fourth-order valence-corrected chi connectivity index (χ4v) is 3.47. The lowest BCUT2D eigenvalue weighted by molar-refractivity contribution is -0.117. The molecule has 1 fully saturated rings. The number of fused-ring (bicyclic) bond motifs is 1. The van der Waals surface area contributed by atoms with Crippen LogP contribution in [-0.2, 0) is 11.2 Å². The Morgan fingerprint density at radius 2 is 2.05 bits per heavy atom. The average Bonchev–Trinajstić information content (AvgIpc) is 2.86. The van der Waals surface area contributed by atoms with Crippen LogP contribution in [-0.4, -0.2) is 40.7 Å². The Labute approximate surface area is 131 Å². The topological polar surface area (TPSA) is 64.2 Å². The zero-order chi connectivity index (χ0) is 15.7. The van der Waals surface area contributed by atoms with Crippen LogP contribution in [0.4, 0.5) is 0 Å². The molecular formula is C17H24N4O. The molecule has 2 N–H and O–H groups in total. The highest BCUT2D eigenvalue weighted by Gasteiger charge is 2.26. The Morgan fingerprint density at radius 1 is 1.36 bits per heavy atom. The van der Waals surface area contributed by atoms with Crippen molar-refractivity contribution in [3.8, 4) is 0 Å². The molecule has 1 aliphatic heterocycles. The molecule has 1 atom stereocenters. The van der Waals surface area contributed by atoms with E-state index in [0.717, 1.165) is 29.7 Å². The molecule has 2 aromatic rings. The Bertz CT molecular complexity index is 670. The lowest BCUT2D eigenvalue weighted by Gasteiger charge is -2.33. The second-order valence-electron chi connectivity index (χ2n) is 6.43. The molecule has 0 saturated carbocycles. The summed E-state index contributed by atoms with van der Waals surface area (Å²) in [5.74, 6) is 0.295. The van der Waals surface area contributed by atoms with Gasteiger partial charge in [0.1, 0.15) is 0 Å². The van der Waals surface area contributed by atoms with Crippen LogP contribution in [0.15, 0.2) is 24.3 Å². The molecule has 0 aliphatic carbocycles. The van der Waals surface area contributed by atoms with Crippen LogP contribution in [0.2, 0.25) is 0 Å². The molecule has 5 heteroatoms. The van der Waals surface area contributed by atoms with Gasteiger partial charge in [0.15, 0.2) is 0 Å². The largest absolute Gasteiger partial charge is 0.369 e. The van der Waals surface area contributed by atoms with Gasteiger partial charge in [-0.05, 0) is 51.9 Å². The van der Waals surface area contributed by atoms with E-state index in [0.29, 0.717) is 12.0 Å². The monoisotopic (exact) mass is 300 g/mol. The van der Waals surface area contributed by atoms with Crippen LogP contribution in [0, 0.1) is 5.92 Å². The van der Waals surface area contributed by atoms with Crippen LogP contribution in [0.5, 0.6) is 0 Å². The second-order valence-corrected chi connectivity index (χ2v) is 6.43. The van der Waals surface area contributed by atoms with E-state index < -0.39 is 0 Å². The molecule has 22 heavy (non-hydrogen) atoms. The van der Waals surface area contributed by atoms with E-state index in [-0.39, 0.29) is 12.3 Å². The quantitative estimate of drug-likeness (QED) is 0.939. The third kappa shape index (κ3) is 2.86. The first-order chi connectivity index (χ1) is 10.6. The minimum Gasteiger partial charge on any atom is -0.369 e. The Kier molecular flexibility index (Phi) is 4.16. The van der Waals surface area contributed by atoms with Crippen molar-refractivity contribution in [1.82, 2.24) is 14.7 Å². The lowest BCUT2D eigenvalue weighted by atomic mass is 9.90. The maximum absolute atomic E-state index is 11.3. The van der Waals surface area contributed by atoms with E-state index in [2.05, 4.69) is 29.6 Å². The van der Waals surface area contributed by atoms with Crippen LogP contribution in [0.25, 0.3) is 10.9 Å². The minimum atomic E-state index is -0.331. The standard InChI is InChI=1S/C17H24N4O/c1-12(13-7-9-20(2)10-8-13)21-16-6-4-3-5-14(16)15(19-21)11-17(18)22/h3-6,12-13H,7-11H2,1-2H3,(H2,18,22). The third-order valence-electron chi connectivity index (χ3n) is 4.86. The number of hydrogen-bond acceptors (Lipinski definition) is 3. The number of nitrogens with two attached hydrogens (primary N) is 1. The van der Waals surface area contributed by atoms with Crippen LogP contribution in [0.1, 0.15) is 31.5 Å². The van der Waals surface area contributed by atoms with E-state index in [1.54, 1.807) is 0 Å². The molecule has 1 saturated heterocycles. The van der Waals surface area contributed by atoms with Crippen molar-refractivity contribution in [2.75, 3.05) is 20.1 Å². The highest BCUT2D eigenvalue weighted by atomic mass is 16.1. The van der Waals surface area contributed by atoms with Gasteiger partial charge in [-0.1, -0.05) is 18.2 Å². The highest BCUT2D eigenvalue weighted by Crippen LogP contribution is 2.31. The van der Waals surface area contributed by atoms with E-state index in [1.165, 1.54) is 12.8 Å². The predicted octanol–water partition coefficient (Wildman–Crippen LogP) is 1.97. The molecule has 118 valence electrons. The summed E-state index contributed by atoms with van der Waals surface area (Å²) in [6.45, 7) is 4.52. The fourth-order valence-electron chi connectivity index (χ4n) is 3.47. The number of rotatable bonds is 4. The Balaban J connectivity index is 1.94. The van der Waals surface area contributed by atoms with Crippen LogP contribution in [0.3, 0.4) is 0 Å². The number of benzene rings is 1. The molecule has 0 bridgehead atoms. The average molecular weight is 300 g/mol. The van der Waals surface area contributed by atoms with Crippen molar-refractivity contribution in [1.29, 1.82) is 0 Å². The maximum Gasteiger partial charge on any atom is 0.223 e. The lowest BCUT2D eigenvalue weighted by Crippen LogP contribution is -2.33. The summed E-state index contributed by atoms with van der Waals surface area (Å²) in [4.78, 5) is 13.7. The number of hydrogen-bond donors (Lipinski definition) is 1. The van der Waals surface area contributed by atoms with Gasteiger partial charge in [0.2, 0.25) is 5.91 Å². The van der Waals surface area contributed by atoms with Crippen molar-refractivity contribution < 1.29 is 4.79 Å². The van der Waals surface area contributed by atoms with Crippen LogP contribution < -0.4 is 5.73 Å². The first kappa shape index (κ1) is 15.0. The molecule has 5 nitrogen and oxygen atoms in total. The summed E-state index contributed by atoms with van der Waals surface area (Å²) in [5, 5.41) is 5.77. The van der Waals surface area contributed by atoms with Gasteiger partial charge in [-0.15, -0.1) is 0 Å². The van der Waals surface area contributed by atoms with Crippen molar-refractivity contribution in [2.24, 2.45) is 11.7 Å². The zero-order valence-electron chi connectivity index (χ0n) is 13.3. The third-order valence-corrected chi connectivity index (χ3v) is 4.86. The van der Waals surface area contributed by atoms with Gasteiger partial charge in [-0.2, -0.15) is 5.10 Å². The van der Waals surface area contributed by atoms with Crippen molar-refractivity contribution in [2.45, 2.75) is 32.2 Å². The van der Waals surface area contributed by atoms with E-state index in [1.807, 2.05) is 18.2 Å². The summed E-state index contributed by atoms with van der Waals surface area (Å²) < 4.78 is 2.10. The smallest absolute Gasteiger partial charge is 0.223 e. The SMILES string of the molecule is CC(C1CCN(C)CC1)n1nc(CC(N)=O)c2ccccc21. The number of nitrogens with zero attached hydrogens (tertiary/aromatic N) is 3. The molecule has 1 aromatic carbocycles. The van der Waals surface area contributed by atoms with Gasteiger partial charge in [-0.3, -0.25) is 9.48 Å². The number of piperidine rings is 1. The van der Waals surface area contributed by atoms with Crippen molar-refractivity contribution >= 4 is 16.8 Å². The Hall–Kier alpha value is -1.88. The number of carbonyl (C=O) groups is 1. The second kappa shape index (κ2) is 6.08. The van der Waals surface area contributed by atoms with Gasteiger partial charge >= 0.3 is 0 Å². The molecule has 1 unspecified atom stereocenters. The van der Waals surface area contributed by atoms with Crippen LogP contribution >= 0.6 is 0 Å². The molecular weight excluding hydrogens is 276 g/mol. The molecule has 0 radical (unpaired) electrons. The first-order valence-electron chi connectivity index (χ1n) is 7.99. The van der Waals surface area contributed by atoms with Gasteiger partial charge < -0.3 is 10.6 Å². The normalized spacial score (nSPS) is 18.6. The maximum atomic E-state index is 11.3. The molecule has 2 heterocycles. The Morgan fingerprint density at radius 3 is 2.73 bits per heavy atom. The summed E-state index contributed by atoms with van der Waals surface area (Å²) >= 11 is 0. The van der Waals surface area contributed by atoms with Gasteiger partial charge in [0.25, 0.3) is 0 Å². The van der Waals surface area contributed by atoms with E-state index >= 15 is 0 Å². The molecule has 1 aliphatic rings. The zero-order valence-corrected chi connectivity index (χ0v) is 13.3. The van der Waals surface area contributed by atoms with E-state index in [4.69, 9.17) is 10.8 Å².